The quantitative estimate of drug-likeness (QED) is 0.514. The van der Waals surface area contributed by atoms with Crippen molar-refractivity contribution in [3.05, 3.63) is 58.6 Å². The van der Waals surface area contributed by atoms with Gasteiger partial charge in [-0.2, -0.15) is 0 Å². The number of aromatic nitrogens is 1. The summed E-state index contributed by atoms with van der Waals surface area (Å²) in [5, 5.41) is -0.00887. The van der Waals surface area contributed by atoms with Crippen molar-refractivity contribution in [1.29, 1.82) is 0 Å². The van der Waals surface area contributed by atoms with Crippen LogP contribution in [0.5, 0.6) is 5.75 Å². The van der Waals surface area contributed by atoms with Crippen molar-refractivity contribution in [3.8, 4) is 5.75 Å². The molecular weight excluding hydrogens is 285 g/mol. The average Bonchev–Trinajstić information content (AvgIpc) is 2.48. The molecule has 1 aromatic carbocycles. The normalized spacial score (nSPS) is 10.2. The van der Waals surface area contributed by atoms with E-state index in [0.29, 0.717) is 17.0 Å². The number of hydrogen-bond donors (Lipinski definition) is 2. The van der Waals surface area contributed by atoms with E-state index in [4.69, 9.17) is 22.2 Å². The van der Waals surface area contributed by atoms with Crippen molar-refractivity contribution in [2.24, 2.45) is 5.84 Å². The molecule has 0 aliphatic heterocycles. The summed E-state index contributed by atoms with van der Waals surface area (Å²) >= 11 is 5.64. The van der Waals surface area contributed by atoms with Crippen molar-refractivity contribution in [3.63, 3.8) is 0 Å². The van der Waals surface area contributed by atoms with E-state index in [1.807, 2.05) is 5.43 Å². The Morgan fingerprint density at radius 2 is 2.20 bits per heavy atom. The summed E-state index contributed by atoms with van der Waals surface area (Å²) in [7, 11) is 0. The number of carbonyl (C=O) groups is 1. The summed E-state index contributed by atoms with van der Waals surface area (Å²) in [5.41, 5.74) is 2.97. The van der Waals surface area contributed by atoms with Crippen LogP contribution < -0.4 is 16.0 Å². The first-order valence-electron chi connectivity index (χ1n) is 5.64. The number of benzene rings is 1. The SMILES string of the molecule is NNC(=O)c1ccc(COc2ccc(F)c(Cl)c2)nc1. The number of rotatable bonds is 4. The Kier molecular flexibility index (Phi) is 4.49. The Morgan fingerprint density at radius 1 is 1.40 bits per heavy atom. The molecule has 0 fully saturated rings. The lowest BCUT2D eigenvalue weighted by Crippen LogP contribution is -2.30. The molecule has 0 aliphatic rings. The van der Waals surface area contributed by atoms with E-state index in [9.17, 15) is 9.18 Å². The molecule has 1 aromatic heterocycles. The van der Waals surface area contributed by atoms with Gasteiger partial charge in [-0.25, -0.2) is 10.2 Å². The van der Waals surface area contributed by atoms with Crippen LogP contribution in [0.2, 0.25) is 5.02 Å². The van der Waals surface area contributed by atoms with Gasteiger partial charge in [0.2, 0.25) is 0 Å². The van der Waals surface area contributed by atoms with Gasteiger partial charge in [-0.15, -0.1) is 0 Å². The number of nitrogens with two attached hydrogens (primary N) is 1. The van der Waals surface area contributed by atoms with Crippen molar-refractivity contribution in [2.45, 2.75) is 6.61 Å². The zero-order valence-corrected chi connectivity index (χ0v) is 11.0. The molecule has 2 rings (SSSR count). The fourth-order valence-electron chi connectivity index (χ4n) is 1.45. The van der Waals surface area contributed by atoms with E-state index < -0.39 is 11.7 Å². The summed E-state index contributed by atoms with van der Waals surface area (Å²) in [4.78, 5) is 15.3. The van der Waals surface area contributed by atoms with Crippen LogP contribution in [0.25, 0.3) is 0 Å². The molecule has 0 radical (unpaired) electrons. The molecule has 1 heterocycles. The van der Waals surface area contributed by atoms with Crippen LogP contribution in [0.1, 0.15) is 16.1 Å². The number of nitrogens with one attached hydrogen (secondary N) is 1. The zero-order chi connectivity index (χ0) is 14.5. The van der Waals surface area contributed by atoms with Crippen LogP contribution in [-0.4, -0.2) is 10.9 Å². The highest BCUT2D eigenvalue weighted by atomic mass is 35.5. The monoisotopic (exact) mass is 295 g/mol. The van der Waals surface area contributed by atoms with Crippen LogP contribution >= 0.6 is 11.6 Å². The summed E-state index contributed by atoms with van der Waals surface area (Å²) < 4.78 is 18.4. The molecule has 0 atom stereocenters. The summed E-state index contributed by atoms with van der Waals surface area (Å²) in [6.45, 7) is 0.173. The summed E-state index contributed by atoms with van der Waals surface area (Å²) in [5.74, 6) is 4.51. The van der Waals surface area contributed by atoms with Crippen LogP contribution in [-0.2, 0) is 6.61 Å². The number of pyridine rings is 1. The zero-order valence-electron chi connectivity index (χ0n) is 10.3. The Bertz CT molecular complexity index is 620. The maximum atomic E-state index is 13.0. The Balaban J connectivity index is 2.00. The molecule has 0 unspecified atom stereocenters. The van der Waals surface area contributed by atoms with E-state index >= 15 is 0 Å². The van der Waals surface area contributed by atoms with Crippen molar-refractivity contribution in [2.75, 3.05) is 0 Å². The maximum absolute atomic E-state index is 13.0. The average molecular weight is 296 g/mol. The molecule has 3 N–H and O–H groups in total. The van der Waals surface area contributed by atoms with Gasteiger partial charge >= 0.3 is 0 Å². The number of carbonyl (C=O) groups excluding carboxylic acids is 1. The predicted octanol–water partition coefficient (Wildman–Crippen LogP) is 2.06. The van der Waals surface area contributed by atoms with Gasteiger partial charge < -0.3 is 4.74 Å². The fraction of sp³-hybridized carbons (Fsp3) is 0.0769. The highest BCUT2D eigenvalue weighted by molar-refractivity contribution is 6.30. The third kappa shape index (κ3) is 3.43. The van der Waals surface area contributed by atoms with Gasteiger partial charge in [0.05, 0.1) is 16.3 Å². The van der Waals surface area contributed by atoms with Gasteiger partial charge in [-0.3, -0.25) is 15.2 Å². The highest BCUT2D eigenvalue weighted by Gasteiger charge is 2.05. The lowest BCUT2D eigenvalue weighted by atomic mass is 10.2. The molecule has 0 spiro atoms. The molecule has 5 nitrogen and oxygen atoms in total. The van der Waals surface area contributed by atoms with E-state index in [0.717, 1.165) is 0 Å². The smallest absolute Gasteiger partial charge is 0.266 e. The van der Waals surface area contributed by atoms with E-state index in [-0.39, 0.29) is 11.6 Å². The van der Waals surface area contributed by atoms with Gasteiger partial charge in [0.1, 0.15) is 18.2 Å². The van der Waals surface area contributed by atoms with Gasteiger partial charge in [-0.05, 0) is 24.3 Å². The van der Waals surface area contributed by atoms with Crippen molar-refractivity contribution < 1.29 is 13.9 Å². The molecule has 1 amide bonds. The largest absolute Gasteiger partial charge is 0.487 e. The number of hydrogen-bond acceptors (Lipinski definition) is 4. The van der Waals surface area contributed by atoms with Gasteiger partial charge in [-0.1, -0.05) is 11.6 Å². The van der Waals surface area contributed by atoms with Crippen LogP contribution in [0.15, 0.2) is 36.5 Å². The number of amides is 1. The first-order chi connectivity index (χ1) is 9.60. The van der Waals surface area contributed by atoms with Crippen LogP contribution in [0, 0.1) is 5.82 Å². The van der Waals surface area contributed by atoms with E-state index in [1.165, 1.54) is 24.4 Å². The Labute approximate surface area is 119 Å². The molecule has 7 heteroatoms. The fourth-order valence-corrected chi connectivity index (χ4v) is 1.62. The lowest BCUT2D eigenvalue weighted by Gasteiger charge is -2.07. The highest BCUT2D eigenvalue weighted by Crippen LogP contribution is 2.21. The molecule has 2 aromatic rings. The second kappa shape index (κ2) is 6.31. The molecule has 0 bridgehead atoms. The topological polar surface area (TPSA) is 77.2 Å². The Hall–Kier alpha value is -2.18. The first kappa shape index (κ1) is 14.2. The van der Waals surface area contributed by atoms with E-state index in [2.05, 4.69) is 4.98 Å². The van der Waals surface area contributed by atoms with Crippen LogP contribution in [0.3, 0.4) is 0 Å². The standard InChI is InChI=1S/C13H11ClFN3O2/c14-11-5-10(3-4-12(11)15)20-7-9-2-1-8(6-17-9)13(19)18-16/h1-6H,7,16H2,(H,18,19). The molecular formula is C13H11ClFN3O2. The minimum absolute atomic E-state index is 0.00887. The Morgan fingerprint density at radius 3 is 2.80 bits per heavy atom. The lowest BCUT2D eigenvalue weighted by molar-refractivity contribution is 0.0953. The molecule has 0 saturated heterocycles. The number of ether oxygens (including phenoxy) is 1. The molecule has 0 saturated carbocycles. The third-order valence-corrected chi connectivity index (χ3v) is 2.79. The summed E-state index contributed by atoms with van der Waals surface area (Å²) in [6, 6.07) is 7.28. The predicted molar refractivity (Wildman–Crippen MR) is 71.6 cm³/mol. The number of hydrazine groups is 1. The third-order valence-electron chi connectivity index (χ3n) is 2.50. The van der Waals surface area contributed by atoms with Gasteiger partial charge in [0, 0.05) is 12.3 Å². The summed E-state index contributed by atoms with van der Waals surface area (Å²) in [6.07, 6.45) is 1.39. The molecule has 0 aliphatic carbocycles. The number of nitrogens with zero attached hydrogens (tertiary/aromatic N) is 1. The van der Waals surface area contributed by atoms with Crippen LogP contribution in [0.4, 0.5) is 4.39 Å². The number of nitrogen functional groups attached to an aromatic ring is 1. The minimum Gasteiger partial charge on any atom is -0.487 e. The molecule has 104 valence electrons. The van der Waals surface area contributed by atoms with E-state index in [1.54, 1.807) is 12.1 Å². The minimum atomic E-state index is -0.505. The van der Waals surface area contributed by atoms with Crippen molar-refractivity contribution >= 4 is 17.5 Å². The second-order valence-corrected chi connectivity index (χ2v) is 4.28. The van der Waals surface area contributed by atoms with Crippen molar-refractivity contribution in [1.82, 2.24) is 10.4 Å². The van der Waals surface area contributed by atoms with Gasteiger partial charge in [0.15, 0.2) is 0 Å². The number of halogens is 2. The molecule has 20 heavy (non-hydrogen) atoms. The van der Waals surface area contributed by atoms with Gasteiger partial charge in [0.25, 0.3) is 5.91 Å². The first-order valence-corrected chi connectivity index (χ1v) is 6.01. The second-order valence-electron chi connectivity index (χ2n) is 3.88. The maximum Gasteiger partial charge on any atom is 0.266 e.